The van der Waals surface area contributed by atoms with Crippen molar-refractivity contribution in [2.24, 2.45) is 5.92 Å². The van der Waals surface area contributed by atoms with E-state index in [4.69, 9.17) is 4.42 Å². The number of piperidine rings is 1. The molecule has 0 saturated carbocycles. The fourth-order valence-electron chi connectivity index (χ4n) is 2.39. The van der Waals surface area contributed by atoms with Crippen LogP contribution in [-0.2, 0) is 6.54 Å². The second-order valence-corrected chi connectivity index (χ2v) is 5.59. The molecule has 1 aromatic rings. The van der Waals surface area contributed by atoms with Gasteiger partial charge in [-0.15, -0.1) is 0 Å². The van der Waals surface area contributed by atoms with Crippen LogP contribution in [-0.4, -0.2) is 31.1 Å². The van der Waals surface area contributed by atoms with Crippen molar-refractivity contribution in [3.63, 3.8) is 0 Å². The zero-order chi connectivity index (χ0) is 12.1. The lowest BCUT2D eigenvalue weighted by Crippen LogP contribution is -2.38. The first-order valence-electron chi connectivity index (χ1n) is 6.44. The second kappa shape index (κ2) is 6.57. The molecule has 0 radical (unpaired) electrons. The maximum Gasteiger partial charge on any atom is 0.131 e. The average Bonchev–Trinajstić information content (AvgIpc) is 2.75. The van der Waals surface area contributed by atoms with E-state index in [0.29, 0.717) is 0 Å². The molecule has 1 fully saturated rings. The molecule has 0 amide bonds. The summed E-state index contributed by atoms with van der Waals surface area (Å²) in [5.41, 5.74) is 0. The van der Waals surface area contributed by atoms with Crippen LogP contribution < -0.4 is 5.32 Å². The van der Waals surface area contributed by atoms with Crippen molar-refractivity contribution >= 4 is 15.9 Å². The van der Waals surface area contributed by atoms with Gasteiger partial charge in [0.1, 0.15) is 5.76 Å². The van der Waals surface area contributed by atoms with Crippen molar-refractivity contribution in [1.82, 2.24) is 10.2 Å². The van der Waals surface area contributed by atoms with E-state index >= 15 is 0 Å². The molecule has 2 heterocycles. The number of hydrogen-bond donors (Lipinski definition) is 1. The predicted molar refractivity (Wildman–Crippen MR) is 73.0 cm³/mol. The summed E-state index contributed by atoms with van der Waals surface area (Å²) in [5, 5.41) is 3.48. The minimum absolute atomic E-state index is 0.789. The Labute approximate surface area is 112 Å². The summed E-state index contributed by atoms with van der Waals surface area (Å²) in [7, 11) is 0. The van der Waals surface area contributed by atoms with Crippen molar-refractivity contribution in [2.75, 3.05) is 26.2 Å². The molecule has 0 aliphatic carbocycles. The Kier molecular flexibility index (Phi) is 5.07. The topological polar surface area (TPSA) is 28.4 Å². The number of nitrogens with one attached hydrogen (secondary N) is 1. The Morgan fingerprint density at radius 1 is 1.59 bits per heavy atom. The predicted octanol–water partition coefficient (Wildman–Crippen LogP) is 2.86. The van der Waals surface area contributed by atoms with Crippen LogP contribution in [0.1, 0.15) is 25.5 Å². The molecule has 0 aromatic carbocycles. The summed E-state index contributed by atoms with van der Waals surface area (Å²) in [4.78, 5) is 2.46. The SMILES string of the molecule is CCN(Cc1occc1Br)CC1CCCNC1. The van der Waals surface area contributed by atoms with Crippen molar-refractivity contribution in [2.45, 2.75) is 26.3 Å². The zero-order valence-corrected chi connectivity index (χ0v) is 12.0. The Morgan fingerprint density at radius 3 is 3.06 bits per heavy atom. The maximum absolute atomic E-state index is 5.48. The summed E-state index contributed by atoms with van der Waals surface area (Å²) in [5.74, 6) is 1.83. The fraction of sp³-hybridized carbons (Fsp3) is 0.692. The molecule has 0 spiro atoms. The molecule has 1 aromatic heterocycles. The second-order valence-electron chi connectivity index (χ2n) is 4.73. The molecule has 1 aliphatic heterocycles. The number of nitrogens with zero attached hydrogens (tertiary/aromatic N) is 1. The smallest absolute Gasteiger partial charge is 0.131 e. The highest BCUT2D eigenvalue weighted by Crippen LogP contribution is 2.20. The van der Waals surface area contributed by atoms with Crippen molar-refractivity contribution in [3.8, 4) is 0 Å². The summed E-state index contributed by atoms with van der Waals surface area (Å²) in [6, 6.07) is 1.96. The van der Waals surface area contributed by atoms with Crippen molar-refractivity contribution in [3.05, 3.63) is 22.6 Å². The molecular weight excluding hydrogens is 280 g/mol. The van der Waals surface area contributed by atoms with Crippen molar-refractivity contribution in [1.29, 1.82) is 0 Å². The molecule has 1 atom stereocenters. The van der Waals surface area contributed by atoms with Gasteiger partial charge in [0.2, 0.25) is 0 Å². The summed E-state index contributed by atoms with van der Waals surface area (Å²) in [6.45, 7) is 7.70. The van der Waals surface area contributed by atoms with Crippen LogP contribution in [0.3, 0.4) is 0 Å². The minimum atomic E-state index is 0.789. The summed E-state index contributed by atoms with van der Waals surface area (Å²) < 4.78 is 6.56. The Bertz CT molecular complexity index is 334. The number of halogens is 1. The normalized spacial score (nSPS) is 21.0. The number of rotatable bonds is 5. The Balaban J connectivity index is 1.85. The Hall–Kier alpha value is -0.320. The molecule has 2 rings (SSSR count). The highest BCUT2D eigenvalue weighted by atomic mass is 79.9. The molecule has 3 nitrogen and oxygen atoms in total. The molecule has 1 N–H and O–H groups in total. The molecule has 96 valence electrons. The lowest BCUT2D eigenvalue weighted by Gasteiger charge is -2.28. The molecule has 4 heteroatoms. The van der Waals surface area contributed by atoms with Crippen LogP contribution in [0, 0.1) is 5.92 Å². The van der Waals surface area contributed by atoms with E-state index in [-0.39, 0.29) is 0 Å². The largest absolute Gasteiger partial charge is 0.467 e. The maximum atomic E-state index is 5.48. The third kappa shape index (κ3) is 3.83. The van der Waals surface area contributed by atoms with Gasteiger partial charge in [0, 0.05) is 6.54 Å². The van der Waals surface area contributed by atoms with E-state index in [9.17, 15) is 0 Å². The van der Waals surface area contributed by atoms with Gasteiger partial charge in [0.25, 0.3) is 0 Å². The quantitative estimate of drug-likeness (QED) is 0.906. The first kappa shape index (κ1) is 13.1. The van der Waals surface area contributed by atoms with Gasteiger partial charge in [-0.2, -0.15) is 0 Å². The fourth-order valence-corrected chi connectivity index (χ4v) is 2.72. The number of furan rings is 1. The lowest BCUT2D eigenvalue weighted by atomic mass is 9.99. The highest BCUT2D eigenvalue weighted by Gasteiger charge is 2.17. The van der Waals surface area contributed by atoms with Crippen molar-refractivity contribution < 1.29 is 4.42 Å². The van der Waals surface area contributed by atoms with E-state index in [2.05, 4.69) is 33.1 Å². The van der Waals surface area contributed by atoms with Crippen LogP contribution in [0.25, 0.3) is 0 Å². The van der Waals surface area contributed by atoms with E-state index < -0.39 is 0 Å². The van der Waals surface area contributed by atoms with Crippen LogP contribution in [0.4, 0.5) is 0 Å². The molecule has 1 unspecified atom stereocenters. The van der Waals surface area contributed by atoms with Crippen LogP contribution >= 0.6 is 15.9 Å². The molecular formula is C13H21BrN2O. The van der Waals surface area contributed by atoms with E-state index in [1.54, 1.807) is 6.26 Å². The molecule has 17 heavy (non-hydrogen) atoms. The highest BCUT2D eigenvalue weighted by molar-refractivity contribution is 9.10. The van der Waals surface area contributed by atoms with Gasteiger partial charge in [-0.05, 0) is 60.4 Å². The van der Waals surface area contributed by atoms with Crippen LogP contribution in [0.5, 0.6) is 0 Å². The molecule has 1 aliphatic rings. The molecule has 0 bridgehead atoms. The summed E-state index contributed by atoms with van der Waals surface area (Å²) in [6.07, 6.45) is 4.41. The Morgan fingerprint density at radius 2 is 2.47 bits per heavy atom. The first-order valence-corrected chi connectivity index (χ1v) is 7.24. The summed E-state index contributed by atoms with van der Waals surface area (Å²) >= 11 is 3.52. The van der Waals surface area contributed by atoms with E-state index in [0.717, 1.165) is 42.3 Å². The van der Waals surface area contributed by atoms with Crippen LogP contribution in [0.2, 0.25) is 0 Å². The molecule has 1 saturated heterocycles. The zero-order valence-electron chi connectivity index (χ0n) is 10.4. The van der Waals surface area contributed by atoms with Gasteiger partial charge >= 0.3 is 0 Å². The van der Waals surface area contributed by atoms with Gasteiger partial charge in [0.15, 0.2) is 0 Å². The van der Waals surface area contributed by atoms with Gasteiger partial charge in [-0.3, -0.25) is 4.90 Å². The first-order chi connectivity index (χ1) is 8.29. The third-order valence-corrected chi connectivity index (χ3v) is 4.13. The monoisotopic (exact) mass is 300 g/mol. The van der Waals surface area contributed by atoms with E-state index in [1.165, 1.54) is 19.4 Å². The number of hydrogen-bond acceptors (Lipinski definition) is 3. The minimum Gasteiger partial charge on any atom is -0.467 e. The van der Waals surface area contributed by atoms with E-state index in [1.807, 2.05) is 6.07 Å². The average molecular weight is 301 g/mol. The van der Waals surface area contributed by atoms with Gasteiger partial charge in [0.05, 0.1) is 17.3 Å². The third-order valence-electron chi connectivity index (χ3n) is 3.42. The lowest BCUT2D eigenvalue weighted by molar-refractivity contribution is 0.196. The van der Waals surface area contributed by atoms with Crippen LogP contribution in [0.15, 0.2) is 21.2 Å². The van der Waals surface area contributed by atoms with Gasteiger partial charge < -0.3 is 9.73 Å². The van der Waals surface area contributed by atoms with Gasteiger partial charge in [-0.1, -0.05) is 6.92 Å². The standard InChI is InChI=1S/C13H21BrN2O/c1-2-16(9-11-4-3-6-15-8-11)10-13-12(14)5-7-17-13/h5,7,11,15H,2-4,6,8-10H2,1H3. The van der Waals surface area contributed by atoms with Gasteiger partial charge in [-0.25, -0.2) is 0 Å².